The van der Waals surface area contributed by atoms with Crippen LogP contribution in [0.2, 0.25) is 0 Å². The van der Waals surface area contributed by atoms with Crippen molar-refractivity contribution in [3.63, 3.8) is 0 Å². The van der Waals surface area contributed by atoms with Gasteiger partial charge in [0.2, 0.25) is 17.6 Å². The number of likely N-dealkylation sites (tertiary alicyclic amines) is 1. The summed E-state index contributed by atoms with van der Waals surface area (Å²) in [5, 5.41) is 8.15. The second kappa shape index (κ2) is 13.6. The number of hydrogen-bond acceptors (Lipinski definition) is 6. The molecule has 46 heavy (non-hydrogen) atoms. The molecule has 4 N–H and O–H groups in total. The summed E-state index contributed by atoms with van der Waals surface area (Å²) in [6.07, 6.45) is -4.68. The number of piperidine rings is 1. The summed E-state index contributed by atoms with van der Waals surface area (Å²) in [5.41, 5.74) is 1.17. The fourth-order valence-corrected chi connectivity index (χ4v) is 5.99. The number of methoxy groups -OCH3 is 1. The van der Waals surface area contributed by atoms with Gasteiger partial charge in [-0.05, 0) is 49.4 Å². The summed E-state index contributed by atoms with van der Waals surface area (Å²) in [5.74, 6) is -6.57. The van der Waals surface area contributed by atoms with Crippen LogP contribution in [0.5, 0.6) is 5.75 Å². The number of carbonyl (C=O) groups is 5. The van der Waals surface area contributed by atoms with Gasteiger partial charge in [-0.1, -0.05) is 36.4 Å². The molecule has 5 rings (SSSR count). The Morgan fingerprint density at radius 3 is 2.54 bits per heavy atom. The number of carbonyl (C=O) groups excluding carboxylic acids is 5. The number of ether oxygens (including phenoxy) is 1. The normalized spacial score (nSPS) is 20.6. The van der Waals surface area contributed by atoms with E-state index in [4.69, 9.17) is 4.74 Å². The number of Topliss-reactive ketones (excluding diaryl/α,β-unsaturated/α-hetero) is 1. The zero-order chi connectivity index (χ0) is 33.0. The van der Waals surface area contributed by atoms with Crippen LogP contribution in [0.1, 0.15) is 41.7 Å². The first-order valence-electron chi connectivity index (χ1n) is 14.9. The predicted molar refractivity (Wildman–Crippen MR) is 159 cm³/mol. The second-order valence-electron chi connectivity index (χ2n) is 11.5. The number of fused-ring (bicyclic) bond motifs is 1. The number of nitrogens with zero attached hydrogens (tertiary/aromatic N) is 1. The minimum absolute atomic E-state index is 0.0173. The summed E-state index contributed by atoms with van der Waals surface area (Å²) in [4.78, 5) is 69.9. The highest BCUT2D eigenvalue weighted by molar-refractivity contribution is 6.38. The number of rotatable bonds is 10. The average molecular weight is 642 g/mol. The first kappa shape index (κ1) is 32.5. The molecule has 2 fully saturated rings. The van der Waals surface area contributed by atoms with E-state index >= 15 is 0 Å². The molecule has 4 atom stereocenters. The molecule has 244 valence electrons. The van der Waals surface area contributed by atoms with Crippen molar-refractivity contribution >= 4 is 40.3 Å². The Labute approximate surface area is 262 Å². The van der Waals surface area contributed by atoms with Crippen LogP contribution in [-0.2, 0) is 25.7 Å². The molecule has 2 aliphatic rings. The molecule has 0 aliphatic carbocycles. The Hall–Kier alpha value is -4.88. The van der Waals surface area contributed by atoms with E-state index in [0.29, 0.717) is 41.6 Å². The molecule has 3 aromatic rings. The van der Waals surface area contributed by atoms with Crippen LogP contribution in [0.15, 0.2) is 54.6 Å². The summed E-state index contributed by atoms with van der Waals surface area (Å²) in [6, 6.07) is 12.1. The number of ketones is 1. The molecule has 0 spiro atoms. The molecule has 4 amide bonds. The monoisotopic (exact) mass is 641 g/mol. The average Bonchev–Trinajstić information content (AvgIpc) is 3.70. The minimum atomic E-state index is -4.70. The number of aromatic nitrogens is 1. The molecule has 1 aromatic heterocycles. The third-order valence-corrected chi connectivity index (χ3v) is 8.47. The van der Waals surface area contributed by atoms with Gasteiger partial charge in [0.25, 0.3) is 11.8 Å². The number of aromatic amines is 1. The Bertz CT molecular complexity index is 1630. The van der Waals surface area contributed by atoms with Crippen LogP contribution in [0.4, 0.5) is 13.2 Å². The number of amides is 4. The largest absolute Gasteiger partial charge is 0.496 e. The van der Waals surface area contributed by atoms with Crippen molar-refractivity contribution in [2.75, 3.05) is 20.2 Å². The first-order valence-corrected chi connectivity index (χ1v) is 14.9. The predicted octanol–water partition coefficient (Wildman–Crippen LogP) is 2.86. The van der Waals surface area contributed by atoms with Crippen LogP contribution in [0.3, 0.4) is 0 Å². The second-order valence-corrected chi connectivity index (χ2v) is 11.5. The van der Waals surface area contributed by atoms with E-state index in [1.165, 1.54) is 13.2 Å². The number of benzene rings is 2. The van der Waals surface area contributed by atoms with Gasteiger partial charge in [-0.25, -0.2) is 0 Å². The van der Waals surface area contributed by atoms with Crippen LogP contribution < -0.4 is 20.7 Å². The smallest absolute Gasteiger partial charge is 0.393 e. The lowest BCUT2D eigenvalue weighted by Gasteiger charge is -2.28. The van der Waals surface area contributed by atoms with Gasteiger partial charge < -0.3 is 30.6 Å². The van der Waals surface area contributed by atoms with E-state index in [0.717, 1.165) is 4.90 Å². The highest BCUT2D eigenvalue weighted by Crippen LogP contribution is 2.38. The summed E-state index contributed by atoms with van der Waals surface area (Å²) in [6.45, 7) is -0.326. The van der Waals surface area contributed by atoms with Crippen molar-refractivity contribution in [3.05, 3.63) is 65.9 Å². The number of halogens is 3. The van der Waals surface area contributed by atoms with Crippen molar-refractivity contribution in [2.45, 2.75) is 50.5 Å². The van der Waals surface area contributed by atoms with Crippen LogP contribution in [0, 0.1) is 11.8 Å². The van der Waals surface area contributed by atoms with Crippen molar-refractivity contribution in [2.24, 2.45) is 11.8 Å². The zero-order valence-corrected chi connectivity index (χ0v) is 25.0. The van der Waals surface area contributed by atoms with Crippen molar-refractivity contribution in [3.8, 4) is 5.75 Å². The van der Waals surface area contributed by atoms with Crippen molar-refractivity contribution in [1.82, 2.24) is 25.8 Å². The summed E-state index contributed by atoms with van der Waals surface area (Å²) in [7, 11) is 1.44. The van der Waals surface area contributed by atoms with Crippen LogP contribution in [-0.4, -0.2) is 77.8 Å². The third-order valence-electron chi connectivity index (χ3n) is 8.47. The molecule has 0 saturated carbocycles. The van der Waals surface area contributed by atoms with Gasteiger partial charge in [0, 0.05) is 36.5 Å². The van der Waals surface area contributed by atoms with Crippen molar-refractivity contribution < 1.29 is 41.9 Å². The molecule has 1 unspecified atom stereocenters. The SMILES string of the molecule is COc1cccc2[nH]c(C(=O)N3C[C@H](C(F)(F)F)C[C@H]3C(=O)NC(C[C@@H]3CCCNC3=O)C(=O)C(=O)NCc3ccccc3)cc12. The molecule has 0 bridgehead atoms. The molecule has 3 heterocycles. The van der Waals surface area contributed by atoms with Crippen LogP contribution in [0.25, 0.3) is 10.9 Å². The fourth-order valence-electron chi connectivity index (χ4n) is 5.99. The lowest BCUT2D eigenvalue weighted by molar-refractivity contribution is -0.170. The molecular weight excluding hydrogens is 607 g/mol. The van der Waals surface area contributed by atoms with E-state index in [9.17, 15) is 37.1 Å². The highest BCUT2D eigenvalue weighted by Gasteiger charge is 2.51. The van der Waals surface area contributed by atoms with Gasteiger partial charge in [0.1, 0.15) is 17.5 Å². The number of H-pyrrole nitrogens is 1. The quantitative estimate of drug-likeness (QED) is 0.250. The van der Waals surface area contributed by atoms with Gasteiger partial charge in [0.05, 0.1) is 19.1 Å². The maximum Gasteiger partial charge on any atom is 0.393 e. The van der Waals surface area contributed by atoms with E-state index in [-0.39, 0.29) is 24.6 Å². The first-order chi connectivity index (χ1) is 22.0. The van der Waals surface area contributed by atoms with Gasteiger partial charge >= 0.3 is 6.18 Å². The maximum atomic E-state index is 13.9. The van der Waals surface area contributed by atoms with Gasteiger partial charge in [-0.2, -0.15) is 13.2 Å². The lowest BCUT2D eigenvalue weighted by Crippen LogP contribution is -2.54. The fraction of sp³-hybridized carbons (Fsp3) is 0.406. The topological polar surface area (TPSA) is 150 Å². The molecule has 2 aliphatic heterocycles. The Kier molecular flexibility index (Phi) is 9.63. The minimum Gasteiger partial charge on any atom is -0.496 e. The molecule has 2 saturated heterocycles. The maximum absolute atomic E-state index is 13.9. The molecule has 11 nitrogen and oxygen atoms in total. The highest BCUT2D eigenvalue weighted by atomic mass is 19.4. The Balaban J connectivity index is 1.38. The molecule has 14 heteroatoms. The summed E-state index contributed by atoms with van der Waals surface area (Å²) >= 11 is 0. The van der Waals surface area contributed by atoms with Gasteiger partial charge in [0.15, 0.2) is 0 Å². The van der Waals surface area contributed by atoms with Crippen molar-refractivity contribution in [1.29, 1.82) is 0 Å². The molecule has 2 aromatic carbocycles. The standard InChI is InChI=1S/C32H34F3N5O6/c1-46-26-11-5-10-22-21(26)15-24(38-22)31(45)40-17-20(32(33,34)35)14-25(40)29(43)39-23(13-19-9-6-12-36-28(19)42)27(41)30(44)37-16-18-7-3-2-4-8-18/h2-5,7-8,10-11,15,19-20,23,25,38H,6,9,12-14,16-17H2,1H3,(H,36,42)(H,37,44)(H,39,43)/t19-,20+,23?,25-/m0/s1. The Morgan fingerprint density at radius 1 is 1.09 bits per heavy atom. The lowest BCUT2D eigenvalue weighted by atomic mass is 9.89. The zero-order valence-electron chi connectivity index (χ0n) is 25.0. The van der Waals surface area contributed by atoms with Crippen LogP contribution >= 0.6 is 0 Å². The number of hydrogen-bond donors (Lipinski definition) is 4. The number of nitrogens with one attached hydrogen (secondary N) is 4. The van der Waals surface area contributed by atoms with Gasteiger partial charge in [-0.3, -0.25) is 24.0 Å². The van der Waals surface area contributed by atoms with E-state index < -0.39 is 66.6 Å². The Morgan fingerprint density at radius 2 is 1.85 bits per heavy atom. The third kappa shape index (κ3) is 7.16. The molecule has 0 radical (unpaired) electrons. The van der Waals surface area contributed by atoms with E-state index in [1.807, 2.05) is 0 Å². The van der Waals surface area contributed by atoms with Gasteiger partial charge in [-0.15, -0.1) is 0 Å². The summed E-state index contributed by atoms with van der Waals surface area (Å²) < 4.78 is 47.1. The molecular formula is C32H34F3N5O6. The van der Waals surface area contributed by atoms with E-state index in [2.05, 4.69) is 20.9 Å². The number of alkyl halides is 3. The van der Waals surface area contributed by atoms with E-state index in [1.54, 1.807) is 48.5 Å².